The van der Waals surface area contributed by atoms with Gasteiger partial charge in [-0.25, -0.2) is 19.6 Å². The summed E-state index contributed by atoms with van der Waals surface area (Å²) >= 11 is 0. The summed E-state index contributed by atoms with van der Waals surface area (Å²) in [7, 11) is 0. The molecule has 29 heavy (non-hydrogen) atoms. The first kappa shape index (κ1) is 21.6. The van der Waals surface area contributed by atoms with E-state index in [9.17, 15) is 19.8 Å². The summed E-state index contributed by atoms with van der Waals surface area (Å²) in [6.07, 6.45) is 2.63. The monoisotopic (exact) mass is 398 g/mol. The first-order valence-electron chi connectivity index (χ1n) is 9.00. The molecule has 1 aromatic carbocycles. The third-order valence-corrected chi connectivity index (χ3v) is 3.71. The number of benzene rings is 1. The Kier molecular flexibility index (Phi) is 7.90. The van der Waals surface area contributed by atoms with Crippen molar-refractivity contribution in [3.05, 3.63) is 71.2 Å². The summed E-state index contributed by atoms with van der Waals surface area (Å²) < 4.78 is 9.60. The molecule has 0 atom stereocenters. The Morgan fingerprint density at radius 1 is 1.00 bits per heavy atom. The van der Waals surface area contributed by atoms with E-state index >= 15 is 0 Å². The predicted octanol–water partition coefficient (Wildman–Crippen LogP) is 3.01. The molecule has 0 saturated carbocycles. The van der Waals surface area contributed by atoms with Crippen LogP contribution in [-0.2, 0) is 25.5 Å². The largest absolute Gasteiger partial charge is 0.502 e. The molecule has 2 aromatic rings. The van der Waals surface area contributed by atoms with Gasteiger partial charge in [0, 0.05) is 24.3 Å². The Hall–Kier alpha value is -3.68. The van der Waals surface area contributed by atoms with Gasteiger partial charge in [0.05, 0.1) is 18.9 Å². The second kappa shape index (κ2) is 10.6. The summed E-state index contributed by atoms with van der Waals surface area (Å²) in [5, 5.41) is 20.3. The van der Waals surface area contributed by atoms with Crippen molar-refractivity contribution in [1.29, 1.82) is 0 Å². The van der Waals surface area contributed by atoms with E-state index in [1.54, 1.807) is 13.8 Å². The number of hydrogen-bond acceptors (Lipinski definition) is 8. The highest BCUT2D eigenvalue weighted by Crippen LogP contribution is 2.22. The van der Waals surface area contributed by atoms with E-state index in [2.05, 4.69) is 9.97 Å². The lowest BCUT2D eigenvalue weighted by Gasteiger charge is -2.11. The first-order chi connectivity index (χ1) is 14.0. The van der Waals surface area contributed by atoms with Gasteiger partial charge in [0.25, 0.3) is 0 Å². The molecule has 0 spiro atoms. The van der Waals surface area contributed by atoms with Crippen molar-refractivity contribution >= 4 is 23.6 Å². The highest BCUT2D eigenvalue weighted by molar-refractivity contribution is 5.95. The lowest BCUT2D eigenvalue weighted by atomic mass is 10.0. The molecule has 2 rings (SSSR count). The summed E-state index contributed by atoms with van der Waals surface area (Å²) in [5.74, 6) is -3.00. The lowest BCUT2D eigenvalue weighted by Crippen LogP contribution is -2.12. The van der Waals surface area contributed by atoms with E-state index in [1.807, 2.05) is 30.3 Å². The molecule has 1 aromatic heterocycles. The molecule has 1 heterocycles. The Labute approximate surface area is 168 Å². The third-order valence-electron chi connectivity index (χ3n) is 3.71. The summed E-state index contributed by atoms with van der Waals surface area (Å²) in [5.41, 5.74) is 1.31. The van der Waals surface area contributed by atoms with Gasteiger partial charge in [-0.1, -0.05) is 30.3 Å². The molecule has 0 saturated heterocycles. The van der Waals surface area contributed by atoms with Gasteiger partial charge in [-0.3, -0.25) is 0 Å². The molecule has 0 aliphatic carbocycles. The van der Waals surface area contributed by atoms with Crippen LogP contribution >= 0.6 is 0 Å². The molecule has 152 valence electrons. The van der Waals surface area contributed by atoms with Gasteiger partial charge in [-0.15, -0.1) is 0 Å². The van der Waals surface area contributed by atoms with Crippen LogP contribution in [0.1, 0.15) is 30.9 Å². The lowest BCUT2D eigenvalue weighted by molar-refractivity contribution is -0.142. The molecule has 0 unspecified atom stereocenters. The molecule has 0 bridgehead atoms. The number of aromatic nitrogens is 2. The second-order valence-corrected chi connectivity index (χ2v) is 5.76. The number of ether oxygens (including phenoxy) is 2. The maximum atomic E-state index is 12.1. The molecule has 0 amide bonds. The van der Waals surface area contributed by atoms with Gasteiger partial charge >= 0.3 is 11.9 Å². The number of esters is 2. The number of allylic oxidation sites excluding steroid dienone is 1. The minimum Gasteiger partial charge on any atom is -0.502 e. The van der Waals surface area contributed by atoms with Gasteiger partial charge < -0.3 is 19.7 Å². The topological polar surface area (TPSA) is 119 Å². The number of nitrogens with zero attached hydrogens (tertiary/aromatic N) is 2. The van der Waals surface area contributed by atoms with E-state index in [-0.39, 0.29) is 36.7 Å². The van der Waals surface area contributed by atoms with E-state index in [1.165, 1.54) is 12.3 Å². The Bertz CT molecular complexity index is 922. The van der Waals surface area contributed by atoms with Crippen LogP contribution in [0, 0.1) is 0 Å². The highest BCUT2D eigenvalue weighted by Gasteiger charge is 2.19. The zero-order valence-electron chi connectivity index (χ0n) is 16.2. The fourth-order valence-electron chi connectivity index (χ4n) is 2.42. The quantitative estimate of drug-likeness (QED) is 0.396. The standard InChI is InChI=1S/C21H22N2O6/c1-3-28-20(26)17(24)13-18-22-11-10-16(23-18)15(19(25)21(27)29-4-2)12-14-8-6-5-7-9-14/h5-11,13,24-25H,3-4,12H2,1-2H3/b17-13-,19-15?. The van der Waals surface area contributed by atoms with Crippen LogP contribution in [0.25, 0.3) is 11.6 Å². The fourth-order valence-corrected chi connectivity index (χ4v) is 2.42. The smallest absolute Gasteiger partial charge is 0.373 e. The number of carbonyl (C=O) groups excluding carboxylic acids is 2. The first-order valence-corrected chi connectivity index (χ1v) is 9.00. The Balaban J connectivity index is 2.46. The van der Waals surface area contributed by atoms with Crippen LogP contribution in [0.2, 0.25) is 0 Å². The number of aliphatic hydroxyl groups excluding tert-OH is 2. The second-order valence-electron chi connectivity index (χ2n) is 5.76. The van der Waals surface area contributed by atoms with E-state index in [0.29, 0.717) is 0 Å². The normalized spacial score (nSPS) is 12.1. The number of hydrogen-bond donors (Lipinski definition) is 2. The molecular weight excluding hydrogens is 376 g/mol. The Morgan fingerprint density at radius 3 is 2.31 bits per heavy atom. The SMILES string of the molecule is CCOC(=O)C(O)=C(Cc1ccccc1)c1ccnc(/C=C(\O)C(=O)OCC)n1. The minimum atomic E-state index is -0.907. The fraction of sp³-hybridized carbons (Fsp3) is 0.238. The van der Waals surface area contributed by atoms with Crippen LogP contribution in [0.15, 0.2) is 54.1 Å². The number of aliphatic hydroxyl groups is 2. The number of rotatable bonds is 8. The van der Waals surface area contributed by atoms with E-state index < -0.39 is 23.5 Å². The third kappa shape index (κ3) is 6.17. The number of carbonyl (C=O) groups is 2. The van der Waals surface area contributed by atoms with Crippen LogP contribution < -0.4 is 0 Å². The van der Waals surface area contributed by atoms with Gasteiger partial charge in [0.15, 0.2) is 5.82 Å². The summed E-state index contributed by atoms with van der Waals surface area (Å²) in [6, 6.07) is 10.7. The maximum Gasteiger partial charge on any atom is 0.373 e. The van der Waals surface area contributed by atoms with Gasteiger partial charge in [0.2, 0.25) is 11.5 Å². The van der Waals surface area contributed by atoms with Crippen molar-refractivity contribution in [1.82, 2.24) is 9.97 Å². The van der Waals surface area contributed by atoms with Crippen molar-refractivity contribution in [2.24, 2.45) is 0 Å². The summed E-state index contributed by atoms with van der Waals surface area (Å²) in [6.45, 7) is 3.45. The van der Waals surface area contributed by atoms with Gasteiger partial charge in [-0.2, -0.15) is 0 Å². The minimum absolute atomic E-state index is 0.00951. The molecule has 0 aliphatic heterocycles. The molecule has 2 N–H and O–H groups in total. The van der Waals surface area contributed by atoms with Crippen molar-refractivity contribution in [3.63, 3.8) is 0 Å². The van der Waals surface area contributed by atoms with E-state index in [4.69, 9.17) is 9.47 Å². The summed E-state index contributed by atoms with van der Waals surface area (Å²) in [4.78, 5) is 31.9. The van der Waals surface area contributed by atoms with Crippen molar-refractivity contribution < 1.29 is 29.3 Å². The average molecular weight is 398 g/mol. The molecule has 0 aliphatic rings. The van der Waals surface area contributed by atoms with Crippen molar-refractivity contribution in [2.45, 2.75) is 20.3 Å². The zero-order valence-corrected chi connectivity index (χ0v) is 16.2. The Morgan fingerprint density at radius 2 is 1.66 bits per heavy atom. The van der Waals surface area contributed by atoms with Gasteiger partial charge in [-0.05, 0) is 25.5 Å². The zero-order chi connectivity index (χ0) is 21.2. The molecule has 8 nitrogen and oxygen atoms in total. The van der Waals surface area contributed by atoms with Crippen LogP contribution in [-0.4, -0.2) is 45.3 Å². The van der Waals surface area contributed by atoms with Crippen LogP contribution in [0.4, 0.5) is 0 Å². The van der Waals surface area contributed by atoms with Crippen molar-refractivity contribution in [2.75, 3.05) is 13.2 Å². The molecule has 0 fully saturated rings. The van der Waals surface area contributed by atoms with Crippen LogP contribution in [0.3, 0.4) is 0 Å². The highest BCUT2D eigenvalue weighted by atomic mass is 16.5. The average Bonchev–Trinajstić information content (AvgIpc) is 2.72. The molecular formula is C21H22N2O6. The van der Waals surface area contributed by atoms with Crippen LogP contribution in [0.5, 0.6) is 0 Å². The maximum absolute atomic E-state index is 12.1. The molecule has 8 heteroatoms. The molecule has 0 radical (unpaired) electrons. The van der Waals surface area contributed by atoms with Crippen molar-refractivity contribution in [3.8, 4) is 0 Å². The predicted molar refractivity (Wildman–Crippen MR) is 106 cm³/mol. The van der Waals surface area contributed by atoms with E-state index in [0.717, 1.165) is 11.6 Å². The van der Waals surface area contributed by atoms with Gasteiger partial charge in [0.1, 0.15) is 0 Å².